The summed E-state index contributed by atoms with van der Waals surface area (Å²) in [6.07, 6.45) is 12.1. The minimum Gasteiger partial charge on any atom is -0.367 e. The molecular formula is C23H27N7O2. The highest BCUT2D eigenvalue weighted by Crippen LogP contribution is 2.37. The lowest BCUT2D eigenvalue weighted by molar-refractivity contribution is -0.134. The summed E-state index contributed by atoms with van der Waals surface area (Å²) < 4.78 is 0. The minimum absolute atomic E-state index is 0.209. The van der Waals surface area contributed by atoms with Gasteiger partial charge in [0.1, 0.15) is 11.5 Å². The van der Waals surface area contributed by atoms with Crippen molar-refractivity contribution in [2.24, 2.45) is 4.99 Å². The normalized spacial score (nSPS) is 28.7. The number of piperidine rings is 1. The summed E-state index contributed by atoms with van der Waals surface area (Å²) in [5, 5.41) is 24.2. The fourth-order valence-electron chi connectivity index (χ4n) is 5.25. The second-order valence-electron chi connectivity index (χ2n) is 8.81. The average Bonchev–Trinajstić information content (AvgIpc) is 3.39. The number of aromatic nitrogens is 3. The number of anilines is 1. The van der Waals surface area contributed by atoms with Crippen molar-refractivity contribution in [3.05, 3.63) is 41.3 Å². The zero-order valence-electron chi connectivity index (χ0n) is 18.0. The molecule has 5 rings (SSSR count). The van der Waals surface area contributed by atoms with Crippen molar-refractivity contribution in [2.45, 2.75) is 62.9 Å². The average molecular weight is 434 g/mol. The van der Waals surface area contributed by atoms with Crippen LogP contribution in [-0.2, 0) is 10.5 Å². The highest BCUT2D eigenvalue weighted by atomic mass is 16.3. The van der Waals surface area contributed by atoms with Gasteiger partial charge in [-0.2, -0.15) is 5.10 Å². The number of terminal acetylenes is 1. The lowest BCUT2D eigenvalue weighted by atomic mass is 9.96. The van der Waals surface area contributed by atoms with Crippen molar-refractivity contribution in [2.75, 3.05) is 11.9 Å². The molecule has 0 spiro atoms. The number of carbonyl (C=O) groups excluding carboxylic acids is 1. The molecule has 0 saturated carbocycles. The summed E-state index contributed by atoms with van der Waals surface area (Å²) in [7, 11) is 0. The molecule has 4 N–H and O–H groups in total. The Morgan fingerprint density at radius 2 is 2.19 bits per heavy atom. The van der Waals surface area contributed by atoms with Gasteiger partial charge in [-0.25, -0.2) is 4.99 Å². The van der Waals surface area contributed by atoms with Crippen molar-refractivity contribution in [3.63, 3.8) is 0 Å². The van der Waals surface area contributed by atoms with Gasteiger partial charge in [0, 0.05) is 54.6 Å². The van der Waals surface area contributed by atoms with Gasteiger partial charge in [0.2, 0.25) is 0 Å². The number of fused-ring (bicyclic) bond motifs is 3. The van der Waals surface area contributed by atoms with Crippen LogP contribution in [0, 0.1) is 19.3 Å². The molecule has 2 aromatic heterocycles. The van der Waals surface area contributed by atoms with E-state index < -0.39 is 11.6 Å². The Hall–Kier alpha value is -3.22. The van der Waals surface area contributed by atoms with Gasteiger partial charge in [0.25, 0.3) is 11.6 Å². The van der Waals surface area contributed by atoms with Gasteiger partial charge in [-0.1, -0.05) is 0 Å². The first-order valence-electron chi connectivity index (χ1n) is 11.0. The van der Waals surface area contributed by atoms with Crippen LogP contribution in [0.2, 0.25) is 0 Å². The van der Waals surface area contributed by atoms with Crippen LogP contribution in [0.4, 0.5) is 5.82 Å². The van der Waals surface area contributed by atoms with E-state index in [1.165, 1.54) is 12.8 Å². The Balaban J connectivity index is 1.35. The molecule has 9 heteroatoms. The number of H-pyrrole nitrogens is 1. The second kappa shape index (κ2) is 8.04. The van der Waals surface area contributed by atoms with Crippen LogP contribution in [-0.4, -0.2) is 61.6 Å². The lowest BCUT2D eigenvalue weighted by Gasteiger charge is -2.39. The summed E-state index contributed by atoms with van der Waals surface area (Å²) in [4.78, 5) is 24.3. The molecule has 1 unspecified atom stereocenters. The van der Waals surface area contributed by atoms with E-state index in [4.69, 9.17) is 6.42 Å². The Morgan fingerprint density at radius 3 is 2.88 bits per heavy atom. The molecule has 1 amide bonds. The van der Waals surface area contributed by atoms with E-state index in [1.54, 1.807) is 18.3 Å². The minimum atomic E-state index is -2.11. The molecule has 2 aromatic rings. The predicted octanol–water partition coefficient (Wildman–Crippen LogP) is 1.27. The molecule has 2 saturated heterocycles. The van der Waals surface area contributed by atoms with Crippen LogP contribution in [0.3, 0.4) is 0 Å². The van der Waals surface area contributed by atoms with E-state index in [-0.39, 0.29) is 11.7 Å². The number of hydrogen-bond acceptors (Lipinski definition) is 7. The first kappa shape index (κ1) is 20.7. The van der Waals surface area contributed by atoms with E-state index in [0.717, 1.165) is 31.5 Å². The van der Waals surface area contributed by atoms with E-state index in [1.807, 2.05) is 13.0 Å². The van der Waals surface area contributed by atoms with Crippen molar-refractivity contribution in [1.82, 2.24) is 25.4 Å². The Bertz CT molecular complexity index is 1090. The highest BCUT2D eigenvalue weighted by Gasteiger charge is 2.48. The zero-order chi connectivity index (χ0) is 22.3. The third-order valence-corrected chi connectivity index (χ3v) is 6.67. The second-order valence-corrected chi connectivity index (χ2v) is 8.81. The van der Waals surface area contributed by atoms with Crippen LogP contribution in [0.25, 0.3) is 0 Å². The smallest absolute Gasteiger partial charge is 0.287 e. The summed E-state index contributed by atoms with van der Waals surface area (Å²) in [5.41, 5.74) is -0.448. The zero-order valence-corrected chi connectivity index (χ0v) is 18.0. The fourth-order valence-corrected chi connectivity index (χ4v) is 5.25. The SMILES string of the molecule is C#CCCN1[C@@H]2CC[C@H]1C[C@H](NC1=NC(O)(C(=O)Nc3cc(C)[nH]n3)c3ncccc31)C2. The molecule has 3 aliphatic rings. The van der Waals surface area contributed by atoms with Crippen LogP contribution in [0.15, 0.2) is 29.4 Å². The number of nitrogens with zero attached hydrogens (tertiary/aromatic N) is 4. The Kier molecular flexibility index (Phi) is 5.19. The van der Waals surface area contributed by atoms with E-state index >= 15 is 0 Å². The molecule has 0 radical (unpaired) electrons. The fraction of sp³-hybridized carbons (Fsp3) is 0.478. The molecule has 3 aliphatic heterocycles. The molecule has 166 valence electrons. The van der Waals surface area contributed by atoms with E-state index in [9.17, 15) is 9.90 Å². The summed E-state index contributed by atoms with van der Waals surface area (Å²) in [6.45, 7) is 2.77. The largest absolute Gasteiger partial charge is 0.367 e. The maximum Gasteiger partial charge on any atom is 0.287 e. The first-order valence-corrected chi connectivity index (χ1v) is 11.0. The Morgan fingerprint density at radius 1 is 1.41 bits per heavy atom. The van der Waals surface area contributed by atoms with Crippen molar-refractivity contribution in [3.8, 4) is 12.3 Å². The molecule has 5 heterocycles. The van der Waals surface area contributed by atoms with Crippen molar-refractivity contribution >= 4 is 17.6 Å². The first-order chi connectivity index (χ1) is 15.5. The van der Waals surface area contributed by atoms with Gasteiger partial charge >= 0.3 is 0 Å². The van der Waals surface area contributed by atoms with Gasteiger partial charge in [-0.05, 0) is 44.7 Å². The lowest BCUT2D eigenvalue weighted by Crippen LogP contribution is -2.50. The van der Waals surface area contributed by atoms with Gasteiger partial charge in [-0.15, -0.1) is 12.3 Å². The number of rotatable bonds is 5. The molecule has 0 aliphatic carbocycles. The Labute approximate surface area is 186 Å². The third kappa shape index (κ3) is 3.55. The van der Waals surface area contributed by atoms with Gasteiger partial charge in [0.15, 0.2) is 5.82 Å². The van der Waals surface area contributed by atoms with Crippen LogP contribution in [0.5, 0.6) is 0 Å². The maximum absolute atomic E-state index is 13.0. The number of aliphatic imine (C=N–C) groups is 1. The van der Waals surface area contributed by atoms with E-state index in [0.29, 0.717) is 29.3 Å². The molecule has 2 fully saturated rings. The molecular weight excluding hydrogens is 406 g/mol. The molecule has 9 nitrogen and oxygen atoms in total. The number of hydrogen-bond donors (Lipinski definition) is 4. The summed E-state index contributed by atoms with van der Waals surface area (Å²) in [6, 6.07) is 6.50. The number of aryl methyl sites for hydroxylation is 1. The van der Waals surface area contributed by atoms with Crippen LogP contribution < -0.4 is 10.6 Å². The van der Waals surface area contributed by atoms with Gasteiger partial charge < -0.3 is 15.7 Å². The highest BCUT2D eigenvalue weighted by molar-refractivity contribution is 6.09. The number of pyridine rings is 1. The summed E-state index contributed by atoms with van der Waals surface area (Å²) in [5.74, 6) is 2.89. The van der Waals surface area contributed by atoms with Crippen molar-refractivity contribution < 1.29 is 9.90 Å². The number of carbonyl (C=O) groups is 1. The quantitative estimate of drug-likeness (QED) is 0.528. The predicted molar refractivity (Wildman–Crippen MR) is 120 cm³/mol. The van der Waals surface area contributed by atoms with E-state index in [2.05, 4.69) is 41.6 Å². The standard InChI is InChI=1S/C23H27N7O2/c1-3-4-10-30-16-7-8-17(30)13-15(12-16)25-21-18-6-5-9-24-20(18)23(32,27-21)22(31)26-19-11-14(2)28-29-19/h1,5-6,9,11,15-17,32H,4,7-8,10,12-13H2,2H3,(H,25,27)(H2,26,28,29,31)/t15-,16-,17+,23?. The topological polar surface area (TPSA) is 119 Å². The number of amides is 1. The van der Waals surface area contributed by atoms with Crippen molar-refractivity contribution in [1.29, 1.82) is 0 Å². The molecule has 32 heavy (non-hydrogen) atoms. The summed E-state index contributed by atoms with van der Waals surface area (Å²) >= 11 is 0. The number of amidine groups is 1. The van der Waals surface area contributed by atoms with Gasteiger partial charge in [-0.3, -0.25) is 19.8 Å². The molecule has 2 bridgehead atoms. The maximum atomic E-state index is 13.0. The monoisotopic (exact) mass is 433 g/mol. The van der Waals surface area contributed by atoms with Crippen LogP contribution in [0.1, 0.15) is 49.1 Å². The van der Waals surface area contributed by atoms with Crippen LogP contribution >= 0.6 is 0 Å². The number of aliphatic hydroxyl groups is 1. The number of nitrogens with one attached hydrogen (secondary N) is 3. The third-order valence-electron chi connectivity index (χ3n) is 6.67. The molecule has 4 atom stereocenters. The molecule has 0 aromatic carbocycles. The number of aromatic amines is 1. The van der Waals surface area contributed by atoms with Gasteiger partial charge in [0.05, 0.1) is 0 Å².